The molecule has 0 amide bonds. The molecule has 1 unspecified atom stereocenters. The van der Waals surface area contributed by atoms with E-state index < -0.39 is 0 Å². The minimum absolute atomic E-state index is 0.0662. The summed E-state index contributed by atoms with van der Waals surface area (Å²) in [5.41, 5.74) is 3.64. The molecule has 2 aromatic heterocycles. The minimum Gasteiger partial charge on any atom is -0.472 e. The number of aromatic amines is 2. The van der Waals surface area contributed by atoms with Crippen LogP contribution < -0.4 is 11.0 Å². The molecule has 0 spiro atoms. The fourth-order valence-corrected chi connectivity index (χ4v) is 2.39. The summed E-state index contributed by atoms with van der Waals surface area (Å²) in [6.45, 7) is 3.05. The molecule has 0 fully saturated rings. The molecule has 1 atom stereocenters. The van der Waals surface area contributed by atoms with Crippen LogP contribution in [0.1, 0.15) is 30.5 Å². The van der Waals surface area contributed by atoms with Crippen molar-refractivity contribution in [1.29, 1.82) is 0 Å². The van der Waals surface area contributed by atoms with Crippen LogP contribution >= 0.6 is 0 Å². The van der Waals surface area contributed by atoms with E-state index in [-0.39, 0.29) is 11.7 Å². The van der Waals surface area contributed by atoms with Crippen LogP contribution in [0.3, 0.4) is 0 Å². The van der Waals surface area contributed by atoms with Gasteiger partial charge in [0.2, 0.25) is 0 Å². The number of hydrogen-bond donors (Lipinski definition) is 3. The maximum atomic E-state index is 11.3. The Kier molecular flexibility index (Phi) is 3.43. The Balaban J connectivity index is 2.01. The lowest BCUT2D eigenvalue weighted by atomic mass is 10.0. The lowest BCUT2D eigenvalue weighted by Gasteiger charge is -2.17. The first kappa shape index (κ1) is 12.7. The fourth-order valence-electron chi connectivity index (χ4n) is 2.39. The van der Waals surface area contributed by atoms with Crippen molar-refractivity contribution in [3.63, 3.8) is 0 Å². The predicted molar refractivity (Wildman–Crippen MR) is 77.8 cm³/mol. The SMILES string of the molecule is CCCNC(c1ccoc1)c1ccc2[nH]c(=O)[nH]c2c1. The van der Waals surface area contributed by atoms with Gasteiger partial charge in [0.1, 0.15) is 0 Å². The summed E-state index contributed by atoms with van der Waals surface area (Å²) < 4.78 is 5.18. The van der Waals surface area contributed by atoms with E-state index in [4.69, 9.17) is 4.42 Å². The first-order valence-electron chi connectivity index (χ1n) is 6.75. The van der Waals surface area contributed by atoms with E-state index in [0.717, 1.165) is 35.1 Å². The maximum Gasteiger partial charge on any atom is 0.323 e. The Hall–Kier alpha value is -2.27. The van der Waals surface area contributed by atoms with Crippen molar-refractivity contribution in [3.8, 4) is 0 Å². The smallest absolute Gasteiger partial charge is 0.323 e. The van der Waals surface area contributed by atoms with Gasteiger partial charge in [0.05, 0.1) is 29.6 Å². The van der Waals surface area contributed by atoms with Crippen molar-refractivity contribution in [2.75, 3.05) is 6.54 Å². The summed E-state index contributed by atoms with van der Waals surface area (Å²) in [6.07, 6.45) is 4.47. The highest BCUT2D eigenvalue weighted by Gasteiger charge is 2.15. The van der Waals surface area contributed by atoms with E-state index in [1.165, 1.54) is 0 Å². The zero-order valence-electron chi connectivity index (χ0n) is 11.3. The van der Waals surface area contributed by atoms with E-state index in [2.05, 4.69) is 22.2 Å². The number of aromatic nitrogens is 2. The van der Waals surface area contributed by atoms with Gasteiger partial charge in [0.25, 0.3) is 0 Å². The third kappa shape index (κ3) is 2.40. The van der Waals surface area contributed by atoms with Crippen molar-refractivity contribution in [2.24, 2.45) is 0 Å². The second-order valence-electron chi connectivity index (χ2n) is 4.83. The summed E-state index contributed by atoms with van der Waals surface area (Å²) in [5.74, 6) is 0. The molecule has 3 N–H and O–H groups in total. The van der Waals surface area contributed by atoms with Crippen molar-refractivity contribution in [2.45, 2.75) is 19.4 Å². The summed E-state index contributed by atoms with van der Waals surface area (Å²) >= 11 is 0. The summed E-state index contributed by atoms with van der Waals surface area (Å²) in [4.78, 5) is 16.9. The van der Waals surface area contributed by atoms with E-state index >= 15 is 0 Å². The number of fused-ring (bicyclic) bond motifs is 1. The molecule has 5 nitrogen and oxygen atoms in total. The molecule has 0 saturated carbocycles. The van der Waals surface area contributed by atoms with Crippen LogP contribution in [0.5, 0.6) is 0 Å². The van der Waals surface area contributed by atoms with Crippen molar-refractivity contribution >= 4 is 11.0 Å². The molecule has 104 valence electrons. The van der Waals surface area contributed by atoms with Gasteiger partial charge in [-0.1, -0.05) is 13.0 Å². The summed E-state index contributed by atoms with van der Waals surface area (Å²) in [6, 6.07) is 7.96. The predicted octanol–water partition coefficient (Wildman–Crippen LogP) is 2.54. The van der Waals surface area contributed by atoms with Crippen LogP contribution in [0, 0.1) is 0 Å². The van der Waals surface area contributed by atoms with Crippen LogP contribution in [-0.4, -0.2) is 16.5 Å². The Morgan fingerprint density at radius 3 is 2.80 bits per heavy atom. The normalized spacial score (nSPS) is 12.8. The van der Waals surface area contributed by atoms with E-state index in [9.17, 15) is 4.79 Å². The number of hydrogen-bond acceptors (Lipinski definition) is 3. The van der Waals surface area contributed by atoms with Crippen LogP contribution in [0.2, 0.25) is 0 Å². The topological polar surface area (TPSA) is 73.8 Å². The largest absolute Gasteiger partial charge is 0.472 e. The molecule has 0 aliphatic heterocycles. The lowest BCUT2D eigenvalue weighted by molar-refractivity contribution is 0.548. The zero-order valence-corrected chi connectivity index (χ0v) is 11.3. The highest BCUT2D eigenvalue weighted by molar-refractivity contribution is 5.75. The van der Waals surface area contributed by atoms with Gasteiger partial charge in [0.15, 0.2) is 0 Å². The van der Waals surface area contributed by atoms with Gasteiger partial charge in [-0.2, -0.15) is 0 Å². The summed E-state index contributed by atoms with van der Waals surface area (Å²) in [5, 5.41) is 3.50. The molecule has 3 rings (SSSR count). The second-order valence-corrected chi connectivity index (χ2v) is 4.83. The molecule has 3 aromatic rings. The van der Waals surface area contributed by atoms with Gasteiger partial charge in [-0.05, 0) is 36.7 Å². The molecule has 0 aliphatic carbocycles. The van der Waals surface area contributed by atoms with E-state index in [1.54, 1.807) is 12.5 Å². The number of imidazole rings is 1. The molecule has 0 aliphatic rings. The van der Waals surface area contributed by atoms with Crippen molar-refractivity contribution in [3.05, 3.63) is 58.4 Å². The second kappa shape index (κ2) is 5.38. The van der Waals surface area contributed by atoms with Gasteiger partial charge in [-0.3, -0.25) is 0 Å². The van der Waals surface area contributed by atoms with Gasteiger partial charge >= 0.3 is 5.69 Å². The quantitative estimate of drug-likeness (QED) is 0.667. The van der Waals surface area contributed by atoms with Crippen LogP contribution in [0.25, 0.3) is 11.0 Å². The Morgan fingerprint density at radius 1 is 1.20 bits per heavy atom. The molecule has 0 bridgehead atoms. The maximum absolute atomic E-state index is 11.3. The average molecular weight is 271 g/mol. The molecular formula is C15H17N3O2. The average Bonchev–Trinajstić information content (AvgIpc) is 3.07. The Morgan fingerprint density at radius 2 is 2.05 bits per heavy atom. The Labute approximate surface area is 116 Å². The monoisotopic (exact) mass is 271 g/mol. The number of benzene rings is 1. The van der Waals surface area contributed by atoms with Gasteiger partial charge < -0.3 is 19.7 Å². The lowest BCUT2D eigenvalue weighted by Crippen LogP contribution is -2.22. The Bertz CT molecular complexity index is 740. The standard InChI is InChI=1S/C15H17N3O2/c1-2-6-16-14(11-5-7-20-9-11)10-3-4-12-13(8-10)18-15(19)17-12/h3-5,7-9,14,16H,2,6H2,1H3,(H2,17,18,19). The third-order valence-corrected chi connectivity index (χ3v) is 3.35. The molecule has 5 heteroatoms. The zero-order chi connectivity index (χ0) is 13.9. The molecule has 20 heavy (non-hydrogen) atoms. The van der Waals surface area contributed by atoms with Crippen LogP contribution in [-0.2, 0) is 0 Å². The van der Waals surface area contributed by atoms with Crippen molar-refractivity contribution < 1.29 is 4.42 Å². The molecule has 1 aromatic carbocycles. The van der Waals surface area contributed by atoms with Crippen LogP contribution in [0.15, 0.2) is 46.0 Å². The highest BCUT2D eigenvalue weighted by Crippen LogP contribution is 2.24. The molecule has 0 saturated heterocycles. The molecule has 0 radical (unpaired) electrons. The molecular weight excluding hydrogens is 254 g/mol. The first-order chi connectivity index (χ1) is 9.78. The highest BCUT2D eigenvalue weighted by atomic mass is 16.3. The van der Waals surface area contributed by atoms with Crippen LogP contribution in [0.4, 0.5) is 0 Å². The van der Waals surface area contributed by atoms with Gasteiger partial charge in [0, 0.05) is 5.56 Å². The summed E-state index contributed by atoms with van der Waals surface area (Å²) in [7, 11) is 0. The number of furan rings is 1. The molecule has 2 heterocycles. The van der Waals surface area contributed by atoms with E-state index in [0.29, 0.717) is 0 Å². The third-order valence-electron chi connectivity index (χ3n) is 3.35. The van der Waals surface area contributed by atoms with Crippen molar-refractivity contribution in [1.82, 2.24) is 15.3 Å². The van der Waals surface area contributed by atoms with E-state index in [1.807, 2.05) is 24.3 Å². The van der Waals surface area contributed by atoms with Gasteiger partial charge in [-0.15, -0.1) is 0 Å². The fraction of sp³-hybridized carbons (Fsp3) is 0.267. The minimum atomic E-state index is -0.182. The number of nitrogens with one attached hydrogen (secondary N) is 3. The number of rotatable bonds is 5. The first-order valence-corrected chi connectivity index (χ1v) is 6.75. The number of H-pyrrole nitrogens is 2. The van der Waals surface area contributed by atoms with Gasteiger partial charge in [-0.25, -0.2) is 4.79 Å².